The van der Waals surface area contributed by atoms with Crippen LogP contribution >= 0.6 is 11.6 Å². The lowest BCUT2D eigenvalue weighted by atomic mass is 10.2. The molecule has 1 heterocycles. The van der Waals surface area contributed by atoms with E-state index in [1.165, 1.54) is 0 Å². The number of hydrogen-bond donors (Lipinski definition) is 2. The first-order chi connectivity index (χ1) is 7.61. The number of H-pyrrole nitrogens is 1. The van der Waals surface area contributed by atoms with Crippen molar-refractivity contribution in [1.29, 1.82) is 0 Å². The largest absolute Gasteiger partial charge is 0.399 e. The van der Waals surface area contributed by atoms with E-state index in [0.29, 0.717) is 10.7 Å². The molecule has 2 aromatic rings. The zero-order valence-corrected chi connectivity index (χ0v) is 10.1. The molecule has 0 saturated heterocycles. The van der Waals surface area contributed by atoms with Crippen LogP contribution in [0.3, 0.4) is 0 Å². The molecule has 1 aromatic carbocycles. The van der Waals surface area contributed by atoms with E-state index in [9.17, 15) is 0 Å². The summed E-state index contributed by atoms with van der Waals surface area (Å²) < 4.78 is 0. The van der Waals surface area contributed by atoms with Gasteiger partial charge in [-0.3, -0.25) is 0 Å². The Morgan fingerprint density at radius 1 is 1.44 bits per heavy atom. The van der Waals surface area contributed by atoms with Gasteiger partial charge in [0.05, 0.1) is 10.7 Å². The van der Waals surface area contributed by atoms with Gasteiger partial charge in [0.1, 0.15) is 5.82 Å². The lowest BCUT2D eigenvalue weighted by Crippen LogP contribution is -1.87. The number of imidazole rings is 1. The first-order valence-electron chi connectivity index (χ1n) is 5.22. The Balaban J connectivity index is 2.50. The molecule has 0 spiro atoms. The molecule has 0 aliphatic rings. The van der Waals surface area contributed by atoms with E-state index < -0.39 is 0 Å². The summed E-state index contributed by atoms with van der Waals surface area (Å²) in [5, 5.41) is 0.622. The molecule has 3 N–H and O–H groups in total. The van der Waals surface area contributed by atoms with Crippen LogP contribution in [0.4, 0.5) is 5.69 Å². The summed E-state index contributed by atoms with van der Waals surface area (Å²) in [7, 11) is 0. The molecule has 4 heteroatoms. The van der Waals surface area contributed by atoms with Crippen LogP contribution in [0, 0.1) is 6.92 Å². The molecule has 0 fully saturated rings. The number of aryl methyl sites for hydroxylation is 2. The molecule has 0 saturated carbocycles. The average molecular weight is 236 g/mol. The fourth-order valence-electron chi connectivity index (χ4n) is 1.69. The van der Waals surface area contributed by atoms with Crippen LogP contribution in [-0.2, 0) is 6.42 Å². The van der Waals surface area contributed by atoms with E-state index >= 15 is 0 Å². The number of nitrogen functional groups attached to an aromatic ring is 1. The third-order valence-electron chi connectivity index (χ3n) is 2.57. The molecule has 0 radical (unpaired) electrons. The van der Waals surface area contributed by atoms with Crippen molar-refractivity contribution in [3.05, 3.63) is 34.6 Å². The normalized spacial score (nSPS) is 10.7. The standard InChI is InChI=1S/C12H14ClN3/c1-3-11-7(2)15-12(16-11)9-5-4-8(14)6-10(9)13/h4-6H,3,14H2,1-2H3,(H,15,16). The first-order valence-corrected chi connectivity index (χ1v) is 5.60. The summed E-state index contributed by atoms with van der Waals surface area (Å²) >= 11 is 6.13. The third-order valence-corrected chi connectivity index (χ3v) is 2.88. The van der Waals surface area contributed by atoms with Crippen LogP contribution in [-0.4, -0.2) is 9.97 Å². The van der Waals surface area contributed by atoms with Crippen LogP contribution in [0.25, 0.3) is 11.4 Å². The maximum Gasteiger partial charge on any atom is 0.139 e. The Morgan fingerprint density at radius 2 is 2.19 bits per heavy atom. The van der Waals surface area contributed by atoms with Crippen molar-refractivity contribution < 1.29 is 0 Å². The molecular formula is C12H14ClN3. The Labute approximate surface area is 99.7 Å². The van der Waals surface area contributed by atoms with Gasteiger partial charge in [-0.15, -0.1) is 0 Å². The number of nitrogens with zero attached hydrogens (tertiary/aromatic N) is 1. The Bertz CT molecular complexity index is 517. The number of aromatic amines is 1. The maximum atomic E-state index is 6.13. The Kier molecular flexibility index (Phi) is 2.88. The van der Waals surface area contributed by atoms with Gasteiger partial charge in [0.15, 0.2) is 0 Å². The van der Waals surface area contributed by atoms with Crippen LogP contribution < -0.4 is 5.73 Å². The molecule has 0 aliphatic heterocycles. The highest BCUT2D eigenvalue weighted by Crippen LogP contribution is 2.28. The number of hydrogen-bond acceptors (Lipinski definition) is 2. The number of nitrogens with two attached hydrogens (primary N) is 1. The van der Waals surface area contributed by atoms with Crippen molar-refractivity contribution in [3.8, 4) is 11.4 Å². The van der Waals surface area contributed by atoms with Crippen LogP contribution in [0.5, 0.6) is 0 Å². The lowest BCUT2D eigenvalue weighted by Gasteiger charge is -2.01. The van der Waals surface area contributed by atoms with Crippen molar-refractivity contribution in [3.63, 3.8) is 0 Å². The van der Waals surface area contributed by atoms with Crippen LogP contribution in [0.15, 0.2) is 18.2 Å². The maximum absolute atomic E-state index is 6.13. The predicted molar refractivity (Wildman–Crippen MR) is 67.6 cm³/mol. The highest BCUT2D eigenvalue weighted by atomic mass is 35.5. The van der Waals surface area contributed by atoms with Gasteiger partial charge >= 0.3 is 0 Å². The van der Waals surface area contributed by atoms with Crippen molar-refractivity contribution in [2.75, 3.05) is 5.73 Å². The number of nitrogens with one attached hydrogen (secondary N) is 1. The highest BCUT2D eigenvalue weighted by Gasteiger charge is 2.10. The summed E-state index contributed by atoms with van der Waals surface area (Å²) in [5.41, 5.74) is 9.36. The SMILES string of the molecule is CCc1nc(-c2ccc(N)cc2Cl)[nH]c1C. The fourth-order valence-corrected chi connectivity index (χ4v) is 1.97. The second-order valence-corrected chi connectivity index (χ2v) is 4.16. The minimum absolute atomic E-state index is 0.622. The van der Waals surface area contributed by atoms with Crippen LogP contribution in [0.1, 0.15) is 18.3 Å². The number of benzene rings is 1. The zero-order chi connectivity index (χ0) is 11.7. The van der Waals surface area contributed by atoms with Gasteiger partial charge in [-0.05, 0) is 31.5 Å². The second-order valence-electron chi connectivity index (χ2n) is 3.75. The van der Waals surface area contributed by atoms with E-state index in [1.807, 2.05) is 19.1 Å². The van der Waals surface area contributed by atoms with E-state index in [0.717, 1.165) is 29.2 Å². The van der Waals surface area contributed by atoms with Gasteiger partial charge in [0, 0.05) is 16.9 Å². The third kappa shape index (κ3) is 1.91. The van der Waals surface area contributed by atoms with Gasteiger partial charge in [0.25, 0.3) is 0 Å². The quantitative estimate of drug-likeness (QED) is 0.786. The summed E-state index contributed by atoms with van der Waals surface area (Å²) in [6, 6.07) is 5.44. The molecule has 1 aromatic heterocycles. The minimum atomic E-state index is 0.622. The average Bonchev–Trinajstić information content (AvgIpc) is 2.59. The van der Waals surface area contributed by atoms with Gasteiger partial charge in [-0.2, -0.15) is 0 Å². The summed E-state index contributed by atoms with van der Waals surface area (Å²) in [6.45, 7) is 4.10. The molecule has 0 amide bonds. The molecule has 0 unspecified atom stereocenters. The molecule has 0 aliphatic carbocycles. The van der Waals surface area contributed by atoms with Crippen molar-refractivity contribution in [2.24, 2.45) is 0 Å². The Hall–Kier alpha value is -1.48. The van der Waals surface area contributed by atoms with Crippen molar-refractivity contribution >= 4 is 17.3 Å². The molecule has 3 nitrogen and oxygen atoms in total. The molecular weight excluding hydrogens is 222 g/mol. The first kappa shape index (κ1) is 11.0. The minimum Gasteiger partial charge on any atom is -0.399 e. The van der Waals surface area contributed by atoms with Gasteiger partial charge in [-0.1, -0.05) is 18.5 Å². The molecule has 0 atom stereocenters. The van der Waals surface area contributed by atoms with Gasteiger partial charge < -0.3 is 10.7 Å². The van der Waals surface area contributed by atoms with E-state index in [-0.39, 0.29) is 0 Å². The topological polar surface area (TPSA) is 54.7 Å². The van der Waals surface area contributed by atoms with Crippen molar-refractivity contribution in [1.82, 2.24) is 9.97 Å². The smallest absolute Gasteiger partial charge is 0.139 e. The van der Waals surface area contributed by atoms with Gasteiger partial charge in [-0.25, -0.2) is 4.98 Å². The predicted octanol–water partition coefficient (Wildman–Crippen LogP) is 3.18. The molecule has 0 bridgehead atoms. The number of anilines is 1. The fraction of sp³-hybridized carbons (Fsp3) is 0.250. The number of halogens is 1. The van der Waals surface area contributed by atoms with Gasteiger partial charge in [0.2, 0.25) is 0 Å². The lowest BCUT2D eigenvalue weighted by molar-refractivity contribution is 1.04. The summed E-state index contributed by atoms with van der Waals surface area (Å²) in [4.78, 5) is 7.74. The molecule has 84 valence electrons. The van der Waals surface area contributed by atoms with Crippen LogP contribution in [0.2, 0.25) is 5.02 Å². The van der Waals surface area contributed by atoms with E-state index in [1.54, 1.807) is 6.07 Å². The highest BCUT2D eigenvalue weighted by molar-refractivity contribution is 6.33. The molecule has 16 heavy (non-hydrogen) atoms. The second kappa shape index (κ2) is 4.18. The van der Waals surface area contributed by atoms with E-state index in [2.05, 4.69) is 16.9 Å². The Morgan fingerprint density at radius 3 is 2.75 bits per heavy atom. The van der Waals surface area contributed by atoms with Crippen molar-refractivity contribution in [2.45, 2.75) is 20.3 Å². The summed E-state index contributed by atoms with van der Waals surface area (Å²) in [5.74, 6) is 0.805. The monoisotopic (exact) mass is 235 g/mol. The molecule has 2 rings (SSSR count). The summed E-state index contributed by atoms with van der Waals surface area (Å²) in [6.07, 6.45) is 0.912. The number of aromatic nitrogens is 2. The van der Waals surface area contributed by atoms with E-state index in [4.69, 9.17) is 17.3 Å². The number of rotatable bonds is 2. The zero-order valence-electron chi connectivity index (χ0n) is 9.34.